The lowest BCUT2D eigenvalue weighted by molar-refractivity contribution is 0.308. The first-order chi connectivity index (χ1) is 6.93. The molecule has 68 valence electrons. The molecule has 0 fully saturated rings. The van der Waals surface area contributed by atoms with Crippen LogP contribution < -0.4 is 0 Å². The van der Waals surface area contributed by atoms with Crippen LogP contribution in [0.25, 0.3) is 22.6 Å². The van der Waals surface area contributed by atoms with E-state index in [1.807, 2.05) is 24.3 Å². The number of nitrogens with one attached hydrogen (secondary N) is 1. The minimum atomic E-state index is 0.612. The fraction of sp³-hybridized carbons (Fsp3) is 0. The highest BCUT2D eigenvalue weighted by atomic mass is 16.6. The van der Waals surface area contributed by atoms with Crippen LogP contribution in [0.5, 0.6) is 0 Å². The van der Waals surface area contributed by atoms with Gasteiger partial charge < -0.3 is 4.98 Å². The molecule has 0 saturated heterocycles. The minimum Gasteiger partial charge on any atom is -0.336 e. The summed E-state index contributed by atoms with van der Waals surface area (Å²) >= 11 is 0. The van der Waals surface area contributed by atoms with Crippen molar-refractivity contribution in [1.29, 1.82) is 0 Å². The van der Waals surface area contributed by atoms with Crippen LogP contribution in [0, 0.1) is 0 Å². The fourth-order valence-electron chi connectivity index (χ4n) is 1.34. The van der Waals surface area contributed by atoms with Crippen molar-refractivity contribution in [1.82, 2.24) is 20.3 Å². The van der Waals surface area contributed by atoms with Crippen LogP contribution in [0.4, 0.5) is 0 Å². The van der Waals surface area contributed by atoms with Crippen LogP contribution in [0.3, 0.4) is 0 Å². The fourth-order valence-corrected chi connectivity index (χ4v) is 1.34. The summed E-state index contributed by atoms with van der Waals surface area (Å²) in [7, 11) is 0. The molecular formula is C9H6N4O. The molecule has 0 radical (unpaired) electrons. The summed E-state index contributed by atoms with van der Waals surface area (Å²) in [5.41, 5.74) is 2.50. The second kappa shape index (κ2) is 2.66. The van der Waals surface area contributed by atoms with Gasteiger partial charge in [0.15, 0.2) is 11.5 Å². The zero-order valence-electron chi connectivity index (χ0n) is 7.14. The Hall–Kier alpha value is -2.17. The number of aromatic nitrogens is 4. The lowest BCUT2D eigenvalue weighted by Gasteiger charge is -1.82. The predicted octanol–water partition coefficient (Wildman–Crippen LogP) is 1.61. The highest BCUT2D eigenvalue weighted by Crippen LogP contribution is 2.17. The first-order valence-corrected chi connectivity index (χ1v) is 4.16. The van der Waals surface area contributed by atoms with E-state index in [2.05, 4.69) is 24.9 Å². The van der Waals surface area contributed by atoms with Gasteiger partial charge in [0.25, 0.3) is 0 Å². The highest BCUT2D eigenvalue weighted by Gasteiger charge is 2.07. The zero-order valence-corrected chi connectivity index (χ0v) is 7.14. The number of rotatable bonds is 1. The van der Waals surface area contributed by atoms with Gasteiger partial charge in [0.05, 0.1) is 11.0 Å². The maximum atomic E-state index is 4.50. The Balaban J connectivity index is 2.24. The molecule has 0 unspecified atom stereocenters. The van der Waals surface area contributed by atoms with Crippen molar-refractivity contribution < 1.29 is 4.63 Å². The number of aromatic amines is 1. The van der Waals surface area contributed by atoms with Gasteiger partial charge in [-0.3, -0.25) is 0 Å². The van der Waals surface area contributed by atoms with Crippen LogP contribution >= 0.6 is 0 Å². The number of hydrogen-bond acceptors (Lipinski definition) is 4. The van der Waals surface area contributed by atoms with Crippen molar-refractivity contribution in [2.75, 3.05) is 0 Å². The maximum Gasteiger partial charge on any atom is 0.170 e. The Morgan fingerprint density at radius 3 is 2.93 bits per heavy atom. The van der Waals surface area contributed by atoms with E-state index in [1.54, 1.807) is 0 Å². The van der Waals surface area contributed by atoms with E-state index in [0.29, 0.717) is 11.5 Å². The third kappa shape index (κ3) is 0.990. The number of nitrogens with zero attached hydrogens (tertiary/aromatic N) is 3. The number of benzene rings is 1. The molecule has 0 bridgehead atoms. The van der Waals surface area contributed by atoms with E-state index in [0.717, 1.165) is 11.0 Å². The molecule has 1 aromatic carbocycles. The molecule has 0 aliphatic rings. The lowest BCUT2D eigenvalue weighted by atomic mass is 10.3. The molecule has 0 aliphatic carbocycles. The van der Waals surface area contributed by atoms with Crippen LogP contribution in [0.15, 0.2) is 35.1 Å². The standard InChI is InChI=1S/C9H6N4O/c1-2-4-7-6(3-1)11-9(12-7)8-5-10-14-13-8/h1-5H,(H,11,12). The summed E-state index contributed by atoms with van der Waals surface area (Å²) in [5.74, 6) is 0.674. The van der Waals surface area contributed by atoms with Gasteiger partial charge in [-0.05, 0) is 17.3 Å². The molecule has 2 heterocycles. The number of hydrogen-bond donors (Lipinski definition) is 1. The van der Waals surface area contributed by atoms with Crippen molar-refractivity contribution in [3.8, 4) is 11.5 Å². The van der Waals surface area contributed by atoms with E-state index in [9.17, 15) is 0 Å². The first-order valence-electron chi connectivity index (χ1n) is 4.16. The smallest absolute Gasteiger partial charge is 0.170 e. The minimum absolute atomic E-state index is 0.612. The van der Waals surface area contributed by atoms with Gasteiger partial charge in [0.2, 0.25) is 0 Å². The third-order valence-corrected chi connectivity index (χ3v) is 1.99. The normalized spacial score (nSPS) is 10.9. The van der Waals surface area contributed by atoms with E-state index in [1.165, 1.54) is 6.20 Å². The number of imidazole rings is 1. The molecule has 5 nitrogen and oxygen atoms in total. The Kier molecular flexibility index (Phi) is 1.38. The second-order valence-electron chi connectivity index (χ2n) is 2.90. The molecule has 0 spiro atoms. The Labute approximate surface area is 78.7 Å². The summed E-state index contributed by atoms with van der Waals surface area (Å²) in [4.78, 5) is 7.46. The van der Waals surface area contributed by atoms with Crippen molar-refractivity contribution in [2.24, 2.45) is 0 Å². The zero-order chi connectivity index (χ0) is 9.38. The number of H-pyrrole nitrogens is 1. The molecule has 1 N–H and O–H groups in total. The molecule has 0 atom stereocenters. The van der Waals surface area contributed by atoms with Gasteiger partial charge in [-0.15, -0.1) is 0 Å². The van der Waals surface area contributed by atoms with E-state index in [4.69, 9.17) is 0 Å². The maximum absolute atomic E-state index is 4.50. The largest absolute Gasteiger partial charge is 0.336 e. The van der Waals surface area contributed by atoms with Gasteiger partial charge in [-0.2, -0.15) is 0 Å². The van der Waals surface area contributed by atoms with Gasteiger partial charge in [0, 0.05) is 0 Å². The molecule has 0 amide bonds. The topological polar surface area (TPSA) is 67.6 Å². The SMILES string of the molecule is c1ccc2[nH]c(-c3cnon3)nc2c1. The van der Waals surface area contributed by atoms with E-state index in [-0.39, 0.29) is 0 Å². The van der Waals surface area contributed by atoms with Gasteiger partial charge in [0.1, 0.15) is 6.20 Å². The molecule has 2 aromatic heterocycles. The monoisotopic (exact) mass is 186 g/mol. The quantitative estimate of drug-likeness (QED) is 0.626. The van der Waals surface area contributed by atoms with Crippen molar-refractivity contribution in [2.45, 2.75) is 0 Å². The Bertz CT molecular complexity index is 522. The Morgan fingerprint density at radius 2 is 2.14 bits per heavy atom. The lowest BCUT2D eigenvalue weighted by Crippen LogP contribution is -1.77. The molecule has 0 saturated carbocycles. The van der Waals surface area contributed by atoms with Crippen molar-refractivity contribution >= 4 is 11.0 Å². The number of para-hydroxylation sites is 2. The highest BCUT2D eigenvalue weighted by molar-refractivity contribution is 5.78. The second-order valence-corrected chi connectivity index (χ2v) is 2.90. The summed E-state index contributed by atoms with van der Waals surface area (Å²) in [6.45, 7) is 0. The van der Waals surface area contributed by atoms with E-state index >= 15 is 0 Å². The number of fused-ring (bicyclic) bond motifs is 1. The van der Waals surface area contributed by atoms with Gasteiger partial charge in [-0.25, -0.2) is 9.61 Å². The van der Waals surface area contributed by atoms with Crippen molar-refractivity contribution in [3.05, 3.63) is 30.5 Å². The van der Waals surface area contributed by atoms with E-state index < -0.39 is 0 Å². The summed E-state index contributed by atoms with van der Waals surface area (Å²) in [6.07, 6.45) is 1.53. The molecule has 14 heavy (non-hydrogen) atoms. The molecule has 3 rings (SSSR count). The van der Waals surface area contributed by atoms with Gasteiger partial charge >= 0.3 is 0 Å². The third-order valence-electron chi connectivity index (χ3n) is 1.99. The average Bonchev–Trinajstić information content (AvgIpc) is 2.86. The molecular weight excluding hydrogens is 180 g/mol. The molecule has 0 aliphatic heterocycles. The predicted molar refractivity (Wildman–Crippen MR) is 49.4 cm³/mol. The van der Waals surface area contributed by atoms with Crippen LogP contribution in [-0.2, 0) is 0 Å². The summed E-state index contributed by atoms with van der Waals surface area (Å²) in [5, 5.41) is 7.22. The Morgan fingerprint density at radius 1 is 1.21 bits per heavy atom. The summed E-state index contributed by atoms with van der Waals surface area (Å²) < 4.78 is 4.50. The van der Waals surface area contributed by atoms with Crippen LogP contribution in [-0.4, -0.2) is 20.3 Å². The van der Waals surface area contributed by atoms with Gasteiger partial charge in [-0.1, -0.05) is 17.3 Å². The average molecular weight is 186 g/mol. The molecule has 5 heteroatoms. The first kappa shape index (κ1) is 7.25. The van der Waals surface area contributed by atoms with Crippen LogP contribution in [0.2, 0.25) is 0 Å². The van der Waals surface area contributed by atoms with Crippen LogP contribution in [0.1, 0.15) is 0 Å². The van der Waals surface area contributed by atoms with Crippen molar-refractivity contribution in [3.63, 3.8) is 0 Å². The summed E-state index contributed by atoms with van der Waals surface area (Å²) in [6, 6.07) is 7.78. The molecule has 3 aromatic rings.